The number of halogens is 1. The van der Waals surface area contributed by atoms with Gasteiger partial charge in [0.2, 0.25) is 0 Å². The third-order valence-corrected chi connectivity index (χ3v) is 2.44. The van der Waals surface area contributed by atoms with Gasteiger partial charge in [0.1, 0.15) is 6.29 Å². The van der Waals surface area contributed by atoms with Gasteiger partial charge in [-0.1, -0.05) is 15.9 Å². The first-order valence-electron chi connectivity index (χ1n) is 4.00. The molecule has 13 heavy (non-hydrogen) atoms. The van der Waals surface area contributed by atoms with E-state index in [1.54, 1.807) is 0 Å². The van der Waals surface area contributed by atoms with E-state index in [9.17, 15) is 4.79 Å². The van der Waals surface area contributed by atoms with Crippen LogP contribution in [0, 0.1) is 0 Å². The monoisotopic (exact) mass is 237 g/mol. The number of carbonyl (C=O) groups excluding carboxylic acids is 1. The number of aldehydes is 1. The fourth-order valence-corrected chi connectivity index (χ4v) is 1.74. The van der Waals surface area contributed by atoms with Crippen LogP contribution < -0.4 is 0 Å². The Morgan fingerprint density at radius 2 is 2.23 bits per heavy atom. The van der Waals surface area contributed by atoms with Gasteiger partial charge >= 0.3 is 0 Å². The van der Waals surface area contributed by atoms with Gasteiger partial charge in [0, 0.05) is 27.5 Å². The van der Waals surface area contributed by atoms with Crippen molar-refractivity contribution in [2.75, 3.05) is 0 Å². The molecule has 0 amide bonds. The number of H-pyrrole nitrogens is 1. The van der Waals surface area contributed by atoms with Crippen molar-refractivity contribution in [3.63, 3.8) is 0 Å². The molecule has 0 bridgehead atoms. The summed E-state index contributed by atoms with van der Waals surface area (Å²) in [5, 5.41) is 1.13. The quantitative estimate of drug-likeness (QED) is 0.801. The molecule has 0 aliphatic heterocycles. The van der Waals surface area contributed by atoms with E-state index in [4.69, 9.17) is 0 Å². The van der Waals surface area contributed by atoms with Crippen LogP contribution in [0.5, 0.6) is 0 Å². The van der Waals surface area contributed by atoms with Crippen LogP contribution in [0.3, 0.4) is 0 Å². The Kier molecular flexibility index (Phi) is 2.19. The lowest BCUT2D eigenvalue weighted by atomic mass is 10.2. The van der Waals surface area contributed by atoms with Crippen molar-refractivity contribution in [1.29, 1.82) is 0 Å². The van der Waals surface area contributed by atoms with E-state index in [0.717, 1.165) is 27.4 Å². The van der Waals surface area contributed by atoms with E-state index in [1.165, 1.54) is 0 Å². The predicted molar refractivity (Wildman–Crippen MR) is 55.8 cm³/mol. The van der Waals surface area contributed by atoms with Crippen molar-refractivity contribution in [1.82, 2.24) is 4.98 Å². The first-order valence-corrected chi connectivity index (χ1v) is 4.79. The Morgan fingerprint density at radius 1 is 1.38 bits per heavy atom. The molecule has 0 saturated carbocycles. The van der Waals surface area contributed by atoms with Crippen molar-refractivity contribution >= 4 is 33.1 Å². The highest BCUT2D eigenvalue weighted by atomic mass is 79.9. The lowest BCUT2D eigenvalue weighted by molar-refractivity contribution is -0.107. The zero-order chi connectivity index (χ0) is 9.26. The van der Waals surface area contributed by atoms with E-state index in [1.807, 2.05) is 24.3 Å². The van der Waals surface area contributed by atoms with Crippen LogP contribution in [0.25, 0.3) is 10.9 Å². The summed E-state index contributed by atoms with van der Waals surface area (Å²) < 4.78 is 1.05. The van der Waals surface area contributed by atoms with Crippen molar-refractivity contribution in [2.45, 2.75) is 6.42 Å². The molecule has 1 aromatic heterocycles. The second kappa shape index (κ2) is 3.34. The van der Waals surface area contributed by atoms with E-state index >= 15 is 0 Å². The number of nitrogens with one attached hydrogen (secondary N) is 1. The third-order valence-electron chi connectivity index (χ3n) is 1.94. The highest BCUT2D eigenvalue weighted by Crippen LogP contribution is 2.20. The van der Waals surface area contributed by atoms with Gasteiger partial charge in [-0.25, -0.2) is 0 Å². The summed E-state index contributed by atoms with van der Waals surface area (Å²) >= 11 is 3.40. The minimum absolute atomic E-state index is 0.451. The van der Waals surface area contributed by atoms with E-state index in [0.29, 0.717) is 6.42 Å². The van der Waals surface area contributed by atoms with E-state index in [2.05, 4.69) is 20.9 Å². The summed E-state index contributed by atoms with van der Waals surface area (Å²) in [6.45, 7) is 0. The minimum atomic E-state index is 0.451. The molecule has 3 heteroatoms. The maximum absolute atomic E-state index is 10.3. The highest BCUT2D eigenvalue weighted by molar-refractivity contribution is 9.10. The number of fused-ring (bicyclic) bond motifs is 1. The van der Waals surface area contributed by atoms with Crippen molar-refractivity contribution in [2.24, 2.45) is 0 Å². The van der Waals surface area contributed by atoms with Gasteiger partial charge in [-0.05, 0) is 24.3 Å². The smallest absolute Gasteiger partial charge is 0.125 e. The summed E-state index contributed by atoms with van der Waals surface area (Å²) in [6.07, 6.45) is 1.35. The number of hydrogen-bond acceptors (Lipinski definition) is 1. The lowest BCUT2D eigenvalue weighted by Gasteiger charge is -1.89. The normalized spacial score (nSPS) is 10.5. The molecule has 1 N–H and O–H groups in total. The van der Waals surface area contributed by atoms with Gasteiger partial charge in [-0.3, -0.25) is 0 Å². The molecule has 0 aliphatic rings. The predicted octanol–water partition coefficient (Wildman–Crippen LogP) is 2.67. The molecule has 0 spiro atoms. The second-order valence-corrected chi connectivity index (χ2v) is 3.81. The SMILES string of the molecule is O=CCc1cc2cc(Br)ccc2[nH]1. The topological polar surface area (TPSA) is 32.9 Å². The van der Waals surface area contributed by atoms with Crippen LogP contribution in [0.4, 0.5) is 0 Å². The Balaban J connectivity index is 2.55. The van der Waals surface area contributed by atoms with Gasteiger partial charge < -0.3 is 9.78 Å². The van der Waals surface area contributed by atoms with Crippen LogP contribution >= 0.6 is 15.9 Å². The zero-order valence-corrected chi connectivity index (χ0v) is 8.47. The molecular formula is C10H8BrNO. The Bertz CT molecular complexity index is 447. The molecule has 0 radical (unpaired) electrons. The van der Waals surface area contributed by atoms with Crippen LogP contribution in [-0.4, -0.2) is 11.3 Å². The van der Waals surface area contributed by atoms with Crippen LogP contribution in [0.1, 0.15) is 5.69 Å². The van der Waals surface area contributed by atoms with Gasteiger partial charge in [-0.15, -0.1) is 0 Å². The molecule has 2 nitrogen and oxygen atoms in total. The molecule has 2 rings (SSSR count). The number of aromatic amines is 1. The van der Waals surface area contributed by atoms with Crippen molar-refractivity contribution in [3.8, 4) is 0 Å². The van der Waals surface area contributed by atoms with Gasteiger partial charge in [-0.2, -0.15) is 0 Å². The number of aromatic nitrogens is 1. The van der Waals surface area contributed by atoms with Crippen LogP contribution in [-0.2, 0) is 11.2 Å². The Labute approximate surface area is 84.1 Å². The molecule has 1 aromatic carbocycles. The van der Waals surface area contributed by atoms with Crippen LogP contribution in [0.15, 0.2) is 28.7 Å². The first-order chi connectivity index (χ1) is 6.29. The summed E-state index contributed by atoms with van der Waals surface area (Å²) in [6, 6.07) is 7.99. The Morgan fingerprint density at radius 3 is 3.00 bits per heavy atom. The second-order valence-electron chi connectivity index (χ2n) is 2.90. The summed E-state index contributed by atoms with van der Waals surface area (Å²) in [7, 11) is 0. The molecule has 0 aliphatic carbocycles. The molecule has 0 unspecified atom stereocenters. The molecular weight excluding hydrogens is 230 g/mol. The molecule has 2 aromatic rings. The summed E-state index contributed by atoms with van der Waals surface area (Å²) in [5.41, 5.74) is 2.03. The first kappa shape index (κ1) is 8.51. The molecule has 0 atom stereocenters. The van der Waals surface area contributed by atoms with E-state index in [-0.39, 0.29) is 0 Å². The zero-order valence-electron chi connectivity index (χ0n) is 6.88. The number of rotatable bonds is 2. The van der Waals surface area contributed by atoms with Crippen LogP contribution in [0.2, 0.25) is 0 Å². The number of carbonyl (C=O) groups is 1. The largest absolute Gasteiger partial charge is 0.358 e. The fraction of sp³-hybridized carbons (Fsp3) is 0.100. The minimum Gasteiger partial charge on any atom is -0.358 e. The maximum atomic E-state index is 10.3. The van der Waals surface area contributed by atoms with E-state index < -0.39 is 0 Å². The average Bonchev–Trinajstić information content (AvgIpc) is 2.46. The van der Waals surface area contributed by atoms with Crippen molar-refractivity contribution < 1.29 is 4.79 Å². The maximum Gasteiger partial charge on any atom is 0.125 e. The molecule has 66 valence electrons. The molecule has 0 saturated heterocycles. The average molecular weight is 238 g/mol. The Hall–Kier alpha value is -1.09. The van der Waals surface area contributed by atoms with Gasteiger partial charge in [0.15, 0.2) is 0 Å². The fourth-order valence-electron chi connectivity index (χ4n) is 1.36. The number of hydrogen-bond donors (Lipinski definition) is 1. The number of benzene rings is 1. The summed E-state index contributed by atoms with van der Waals surface area (Å²) in [5.74, 6) is 0. The molecule has 1 heterocycles. The standard InChI is InChI=1S/C10H8BrNO/c11-8-1-2-10-7(5-8)6-9(12-10)3-4-13/h1-2,4-6,12H,3H2. The summed E-state index contributed by atoms with van der Waals surface area (Å²) in [4.78, 5) is 13.5. The van der Waals surface area contributed by atoms with Crippen molar-refractivity contribution in [3.05, 3.63) is 34.4 Å². The third kappa shape index (κ3) is 1.65. The lowest BCUT2D eigenvalue weighted by Crippen LogP contribution is -1.83. The van der Waals surface area contributed by atoms with Gasteiger partial charge in [0.25, 0.3) is 0 Å². The van der Waals surface area contributed by atoms with Gasteiger partial charge in [0.05, 0.1) is 0 Å². The highest BCUT2D eigenvalue weighted by Gasteiger charge is 1.99. The molecule has 0 fully saturated rings.